The number of nitrogens with one attached hydrogen (secondary N) is 2. The first-order chi connectivity index (χ1) is 12.7. The summed E-state index contributed by atoms with van der Waals surface area (Å²) in [4.78, 5) is 12.0. The first kappa shape index (κ1) is 19.6. The minimum atomic E-state index is -0.197. The van der Waals surface area contributed by atoms with Crippen molar-refractivity contribution < 1.29 is 19.0 Å². The molecule has 0 bridgehead atoms. The molecule has 2 N–H and O–H groups in total. The first-order valence-corrected chi connectivity index (χ1v) is 8.46. The van der Waals surface area contributed by atoms with Gasteiger partial charge in [-0.05, 0) is 35.2 Å². The fraction of sp³-hybridized carbons (Fsp3) is 0.350. The van der Waals surface area contributed by atoms with E-state index in [1.165, 1.54) is 0 Å². The Morgan fingerprint density at radius 2 is 1.65 bits per heavy atom. The lowest BCUT2D eigenvalue weighted by molar-refractivity contribution is 0.184. The van der Waals surface area contributed by atoms with Crippen LogP contribution >= 0.6 is 0 Å². The number of hydrogen-bond donors (Lipinski definition) is 2. The molecule has 0 atom stereocenters. The molecule has 0 heterocycles. The number of carbonyl (C=O) groups excluding carboxylic acids is 1. The van der Waals surface area contributed by atoms with Gasteiger partial charge >= 0.3 is 6.03 Å². The predicted molar refractivity (Wildman–Crippen MR) is 101 cm³/mol. The van der Waals surface area contributed by atoms with E-state index in [-0.39, 0.29) is 6.03 Å². The van der Waals surface area contributed by atoms with Gasteiger partial charge < -0.3 is 24.8 Å². The number of hydrogen-bond acceptors (Lipinski definition) is 4. The highest BCUT2D eigenvalue weighted by Crippen LogP contribution is 2.27. The zero-order chi connectivity index (χ0) is 18.8. The largest absolute Gasteiger partial charge is 0.493 e. The molecule has 6 nitrogen and oxygen atoms in total. The van der Waals surface area contributed by atoms with Crippen molar-refractivity contribution in [2.75, 3.05) is 27.9 Å². The number of carbonyl (C=O) groups is 1. The van der Waals surface area contributed by atoms with Crippen LogP contribution < -0.4 is 20.1 Å². The van der Waals surface area contributed by atoms with E-state index in [9.17, 15) is 4.79 Å². The van der Waals surface area contributed by atoms with Crippen molar-refractivity contribution in [1.29, 1.82) is 0 Å². The molecule has 0 aliphatic carbocycles. The van der Waals surface area contributed by atoms with Crippen LogP contribution in [0.2, 0.25) is 0 Å². The van der Waals surface area contributed by atoms with Gasteiger partial charge in [0.05, 0.1) is 20.8 Å². The molecule has 2 aromatic rings. The highest BCUT2D eigenvalue weighted by Gasteiger charge is 2.06. The summed E-state index contributed by atoms with van der Waals surface area (Å²) in [6.45, 7) is 1.52. The minimum Gasteiger partial charge on any atom is -0.493 e. The van der Waals surface area contributed by atoms with Gasteiger partial charge in [0.2, 0.25) is 0 Å². The number of ether oxygens (including phenoxy) is 3. The summed E-state index contributed by atoms with van der Waals surface area (Å²) in [7, 11) is 4.87. The molecule has 2 aromatic carbocycles. The number of methoxy groups -OCH3 is 3. The third-order valence-electron chi connectivity index (χ3n) is 4.00. The van der Waals surface area contributed by atoms with Gasteiger partial charge in [0.15, 0.2) is 11.5 Å². The molecular weight excluding hydrogens is 332 g/mol. The van der Waals surface area contributed by atoms with E-state index in [2.05, 4.69) is 10.6 Å². The van der Waals surface area contributed by atoms with Crippen LogP contribution in [0.15, 0.2) is 42.5 Å². The van der Waals surface area contributed by atoms with Crippen LogP contribution in [-0.2, 0) is 24.3 Å². The molecule has 26 heavy (non-hydrogen) atoms. The van der Waals surface area contributed by atoms with Crippen LogP contribution in [0.25, 0.3) is 0 Å². The van der Waals surface area contributed by atoms with E-state index >= 15 is 0 Å². The van der Waals surface area contributed by atoms with Gasteiger partial charge in [-0.2, -0.15) is 0 Å². The van der Waals surface area contributed by atoms with Crippen molar-refractivity contribution in [3.8, 4) is 11.5 Å². The Labute approximate surface area is 154 Å². The quantitative estimate of drug-likeness (QED) is 0.723. The molecule has 6 heteroatoms. The summed E-state index contributed by atoms with van der Waals surface area (Å²) in [6, 6.07) is 13.4. The molecule has 2 amide bonds. The zero-order valence-electron chi connectivity index (χ0n) is 15.5. The van der Waals surface area contributed by atoms with Crippen LogP contribution in [0, 0.1) is 0 Å². The molecule has 0 aliphatic heterocycles. The normalized spacial score (nSPS) is 10.3. The fourth-order valence-corrected chi connectivity index (χ4v) is 2.62. The summed E-state index contributed by atoms with van der Waals surface area (Å²) in [5, 5.41) is 5.74. The minimum absolute atomic E-state index is 0.197. The number of amides is 2. The molecule has 0 aliphatic rings. The summed E-state index contributed by atoms with van der Waals surface area (Å²) in [5.41, 5.74) is 3.18. The van der Waals surface area contributed by atoms with Crippen LogP contribution in [0.5, 0.6) is 11.5 Å². The second-order valence-electron chi connectivity index (χ2n) is 5.75. The molecule has 0 aromatic heterocycles. The maximum absolute atomic E-state index is 12.0. The fourth-order valence-electron chi connectivity index (χ4n) is 2.62. The first-order valence-electron chi connectivity index (χ1n) is 8.46. The molecular formula is C20H26N2O4. The number of benzene rings is 2. The second-order valence-corrected chi connectivity index (χ2v) is 5.75. The van der Waals surface area contributed by atoms with E-state index in [1.807, 2.05) is 42.5 Å². The van der Waals surface area contributed by atoms with Gasteiger partial charge in [-0.3, -0.25) is 0 Å². The Hall–Kier alpha value is -2.73. The maximum atomic E-state index is 12.0. The molecule has 0 saturated carbocycles. The van der Waals surface area contributed by atoms with Crippen molar-refractivity contribution in [2.24, 2.45) is 0 Å². The Morgan fingerprint density at radius 1 is 0.923 bits per heavy atom. The highest BCUT2D eigenvalue weighted by molar-refractivity contribution is 5.73. The van der Waals surface area contributed by atoms with Gasteiger partial charge in [-0.1, -0.05) is 30.3 Å². The van der Waals surface area contributed by atoms with E-state index in [1.54, 1.807) is 21.3 Å². The standard InChI is InChI=1S/C20H26N2O4/c1-24-14-17-7-5-4-6-16(17)13-22-20(23)21-11-10-15-8-9-18(25-2)19(12-15)26-3/h4-9,12H,10-11,13-14H2,1-3H3,(H2,21,22,23). The smallest absolute Gasteiger partial charge is 0.315 e. The summed E-state index contributed by atoms with van der Waals surface area (Å²) < 4.78 is 15.7. The number of rotatable bonds is 9. The van der Waals surface area contributed by atoms with Crippen molar-refractivity contribution in [2.45, 2.75) is 19.6 Å². The Balaban J connectivity index is 1.79. The topological polar surface area (TPSA) is 68.8 Å². The number of urea groups is 1. The summed E-state index contributed by atoms with van der Waals surface area (Å²) in [5.74, 6) is 1.38. The molecule has 140 valence electrons. The molecule has 0 radical (unpaired) electrons. The highest BCUT2D eigenvalue weighted by atomic mass is 16.5. The van der Waals surface area contributed by atoms with Crippen molar-refractivity contribution in [3.05, 3.63) is 59.2 Å². The van der Waals surface area contributed by atoms with Gasteiger partial charge in [0, 0.05) is 20.2 Å². The van der Waals surface area contributed by atoms with Gasteiger partial charge in [-0.15, -0.1) is 0 Å². The van der Waals surface area contributed by atoms with Crippen LogP contribution in [-0.4, -0.2) is 33.9 Å². The van der Waals surface area contributed by atoms with Crippen LogP contribution in [0.1, 0.15) is 16.7 Å². The van der Waals surface area contributed by atoms with Crippen LogP contribution in [0.4, 0.5) is 4.79 Å². The molecule has 0 fully saturated rings. The van der Waals surface area contributed by atoms with Crippen molar-refractivity contribution >= 4 is 6.03 Å². The Kier molecular flexibility index (Phi) is 7.76. The lowest BCUT2D eigenvalue weighted by Crippen LogP contribution is -2.36. The molecule has 0 spiro atoms. The van der Waals surface area contributed by atoms with Crippen molar-refractivity contribution in [3.63, 3.8) is 0 Å². The van der Waals surface area contributed by atoms with E-state index in [4.69, 9.17) is 14.2 Å². The van der Waals surface area contributed by atoms with Crippen LogP contribution in [0.3, 0.4) is 0 Å². The molecule has 0 saturated heterocycles. The third-order valence-corrected chi connectivity index (χ3v) is 4.00. The molecule has 2 rings (SSSR count). The lowest BCUT2D eigenvalue weighted by Gasteiger charge is -2.12. The zero-order valence-corrected chi connectivity index (χ0v) is 15.5. The van der Waals surface area contributed by atoms with Gasteiger partial charge in [-0.25, -0.2) is 4.79 Å². The van der Waals surface area contributed by atoms with E-state index in [0.717, 1.165) is 16.7 Å². The SMILES string of the molecule is COCc1ccccc1CNC(=O)NCCc1ccc(OC)c(OC)c1. The maximum Gasteiger partial charge on any atom is 0.315 e. The Morgan fingerprint density at radius 3 is 2.35 bits per heavy atom. The Bertz CT molecular complexity index is 719. The van der Waals surface area contributed by atoms with E-state index in [0.29, 0.717) is 37.6 Å². The van der Waals surface area contributed by atoms with Gasteiger partial charge in [0.25, 0.3) is 0 Å². The summed E-state index contributed by atoms with van der Waals surface area (Å²) >= 11 is 0. The molecule has 0 unspecified atom stereocenters. The lowest BCUT2D eigenvalue weighted by atomic mass is 10.1. The predicted octanol–water partition coefficient (Wildman–Crippen LogP) is 2.89. The monoisotopic (exact) mass is 358 g/mol. The van der Waals surface area contributed by atoms with Crippen molar-refractivity contribution in [1.82, 2.24) is 10.6 Å². The third kappa shape index (κ3) is 5.67. The van der Waals surface area contributed by atoms with Gasteiger partial charge in [0.1, 0.15) is 0 Å². The average Bonchev–Trinajstić information content (AvgIpc) is 2.67. The second kappa shape index (κ2) is 10.3. The van der Waals surface area contributed by atoms with E-state index < -0.39 is 0 Å². The average molecular weight is 358 g/mol. The summed E-state index contributed by atoms with van der Waals surface area (Å²) in [6.07, 6.45) is 0.702.